The number of amides is 2. The van der Waals surface area contributed by atoms with Crippen LogP contribution in [0.3, 0.4) is 0 Å². The van der Waals surface area contributed by atoms with Gasteiger partial charge in [0.1, 0.15) is 11.8 Å². The summed E-state index contributed by atoms with van der Waals surface area (Å²) in [5.41, 5.74) is 6.89. The van der Waals surface area contributed by atoms with Gasteiger partial charge in [-0.25, -0.2) is 0 Å². The fourth-order valence-corrected chi connectivity index (χ4v) is 3.31. The first kappa shape index (κ1) is 19.4. The number of nitrogens with zero attached hydrogens (tertiary/aromatic N) is 4. The zero-order valence-corrected chi connectivity index (χ0v) is 15.4. The molecule has 2 rings (SSSR count). The number of aromatic nitrogens is 2. The van der Waals surface area contributed by atoms with Gasteiger partial charge in [0.25, 0.3) is 5.91 Å². The summed E-state index contributed by atoms with van der Waals surface area (Å²) in [6, 6.07) is 3.71. The average Bonchev–Trinajstić information content (AvgIpc) is 3.06. The first-order valence-corrected chi connectivity index (χ1v) is 8.66. The van der Waals surface area contributed by atoms with Gasteiger partial charge in [-0.1, -0.05) is 13.8 Å². The third kappa shape index (κ3) is 3.82. The highest BCUT2D eigenvalue weighted by molar-refractivity contribution is 6.23. The maximum absolute atomic E-state index is 12.1. The Labute approximate surface area is 153 Å². The Morgan fingerprint density at radius 2 is 2.12 bits per heavy atom. The van der Waals surface area contributed by atoms with E-state index in [-0.39, 0.29) is 22.4 Å². The molecular formula is C18H24N6O2. The molecule has 138 valence electrons. The van der Waals surface area contributed by atoms with E-state index in [0.29, 0.717) is 5.69 Å². The van der Waals surface area contributed by atoms with E-state index in [4.69, 9.17) is 5.73 Å². The molecule has 2 amide bonds. The van der Waals surface area contributed by atoms with Gasteiger partial charge in [0, 0.05) is 26.2 Å². The highest BCUT2D eigenvalue weighted by Gasteiger charge is 2.36. The van der Waals surface area contributed by atoms with Crippen LogP contribution in [-0.2, 0) is 9.59 Å². The topological polar surface area (TPSA) is 125 Å². The van der Waals surface area contributed by atoms with E-state index in [2.05, 4.69) is 40.3 Å². The molecule has 0 aromatic carbocycles. The molecule has 0 aliphatic carbocycles. The Bertz CT molecular complexity index is 776. The molecule has 0 saturated carbocycles. The summed E-state index contributed by atoms with van der Waals surface area (Å²) in [4.78, 5) is 25.4. The quantitative estimate of drug-likeness (QED) is 0.762. The summed E-state index contributed by atoms with van der Waals surface area (Å²) < 4.78 is 0. The number of hydrogen-bond acceptors (Lipinski definition) is 7. The molecule has 1 aromatic heterocycles. The van der Waals surface area contributed by atoms with Crippen LogP contribution >= 0.6 is 0 Å². The van der Waals surface area contributed by atoms with Gasteiger partial charge in [-0.15, -0.1) is 10.2 Å². The normalized spacial score (nSPS) is 16.2. The molecule has 1 aliphatic rings. The molecule has 8 heteroatoms. The third-order valence-corrected chi connectivity index (χ3v) is 5.14. The molecule has 1 aliphatic heterocycles. The summed E-state index contributed by atoms with van der Waals surface area (Å²) >= 11 is 0. The van der Waals surface area contributed by atoms with E-state index < -0.39 is 11.8 Å². The highest BCUT2D eigenvalue weighted by Crippen LogP contribution is 2.39. The number of carbonyl (C=O) groups excluding carboxylic acids is 2. The fraction of sp³-hybridized carbons (Fsp3) is 0.500. The van der Waals surface area contributed by atoms with Crippen molar-refractivity contribution in [1.82, 2.24) is 15.5 Å². The van der Waals surface area contributed by atoms with Gasteiger partial charge in [0.15, 0.2) is 5.69 Å². The van der Waals surface area contributed by atoms with Crippen LogP contribution in [0.2, 0.25) is 0 Å². The van der Waals surface area contributed by atoms with E-state index >= 15 is 0 Å². The van der Waals surface area contributed by atoms with Gasteiger partial charge in [-0.3, -0.25) is 14.9 Å². The predicted octanol–water partition coefficient (Wildman–Crippen LogP) is 1.33. The molecule has 0 unspecified atom stereocenters. The molecule has 0 atom stereocenters. The standard InChI is InChI=1S/C18H24N6O2/c1-4-18(5-2)6-7-24(11-18)16-8-14(22-23-15(16)10-20)13(9-19)17(26)21-12(3)25/h8-9H,4-7,11,19H2,1-3H3,(H,21,25,26)/b13-9-. The minimum atomic E-state index is -0.650. The zero-order valence-electron chi connectivity index (χ0n) is 15.4. The SMILES string of the molecule is CCC1(CC)CCN(c2cc(/C(=C/N)C(=O)NC(C)=O)nnc2C#N)C1. The molecular weight excluding hydrogens is 332 g/mol. The summed E-state index contributed by atoms with van der Waals surface area (Å²) in [6.07, 6.45) is 4.24. The first-order valence-electron chi connectivity index (χ1n) is 8.66. The Hall–Kier alpha value is -2.95. The van der Waals surface area contributed by atoms with Crippen molar-refractivity contribution in [2.75, 3.05) is 18.0 Å². The van der Waals surface area contributed by atoms with Crippen LogP contribution in [0.15, 0.2) is 12.3 Å². The van der Waals surface area contributed by atoms with Crippen LogP contribution < -0.4 is 16.0 Å². The Morgan fingerprint density at radius 3 is 2.62 bits per heavy atom. The van der Waals surface area contributed by atoms with E-state index in [9.17, 15) is 14.9 Å². The maximum Gasteiger partial charge on any atom is 0.261 e. The molecule has 3 N–H and O–H groups in total. The lowest BCUT2D eigenvalue weighted by molar-refractivity contribution is -0.126. The van der Waals surface area contributed by atoms with Gasteiger partial charge in [-0.05, 0) is 30.7 Å². The molecule has 8 nitrogen and oxygen atoms in total. The van der Waals surface area contributed by atoms with Crippen LogP contribution in [0, 0.1) is 16.7 Å². The van der Waals surface area contributed by atoms with Crippen molar-refractivity contribution >= 4 is 23.1 Å². The largest absolute Gasteiger partial charge is 0.404 e. The van der Waals surface area contributed by atoms with E-state index in [1.54, 1.807) is 6.07 Å². The van der Waals surface area contributed by atoms with Crippen molar-refractivity contribution in [3.05, 3.63) is 23.7 Å². The molecule has 1 saturated heterocycles. The molecule has 26 heavy (non-hydrogen) atoms. The van der Waals surface area contributed by atoms with Crippen molar-refractivity contribution in [2.45, 2.75) is 40.0 Å². The number of anilines is 1. The summed E-state index contributed by atoms with van der Waals surface area (Å²) in [7, 11) is 0. The molecule has 0 radical (unpaired) electrons. The van der Waals surface area contributed by atoms with Crippen LogP contribution in [-0.4, -0.2) is 35.1 Å². The minimum absolute atomic E-state index is 0.0369. The average molecular weight is 356 g/mol. The summed E-state index contributed by atoms with van der Waals surface area (Å²) in [6.45, 7) is 7.22. The maximum atomic E-state index is 12.1. The van der Waals surface area contributed by atoms with E-state index in [0.717, 1.165) is 38.6 Å². The summed E-state index contributed by atoms with van der Waals surface area (Å²) in [5, 5.41) is 19.5. The van der Waals surface area contributed by atoms with Gasteiger partial charge < -0.3 is 10.6 Å². The van der Waals surface area contributed by atoms with Gasteiger partial charge in [0.05, 0.1) is 11.3 Å². The van der Waals surface area contributed by atoms with Crippen molar-refractivity contribution in [3.63, 3.8) is 0 Å². The number of hydrogen-bond donors (Lipinski definition) is 2. The highest BCUT2D eigenvalue weighted by atomic mass is 16.2. The van der Waals surface area contributed by atoms with Crippen LogP contribution in [0.25, 0.3) is 5.57 Å². The van der Waals surface area contributed by atoms with Crippen molar-refractivity contribution in [3.8, 4) is 6.07 Å². The van der Waals surface area contributed by atoms with Gasteiger partial charge in [0.2, 0.25) is 5.91 Å². The second kappa shape index (κ2) is 7.95. The third-order valence-electron chi connectivity index (χ3n) is 5.14. The Kier molecular flexibility index (Phi) is 5.93. The van der Waals surface area contributed by atoms with Crippen LogP contribution in [0.1, 0.15) is 51.4 Å². The lowest BCUT2D eigenvalue weighted by atomic mass is 9.82. The van der Waals surface area contributed by atoms with Crippen LogP contribution in [0.4, 0.5) is 5.69 Å². The molecule has 0 spiro atoms. The van der Waals surface area contributed by atoms with Gasteiger partial charge in [-0.2, -0.15) is 5.26 Å². The lowest BCUT2D eigenvalue weighted by Gasteiger charge is -2.27. The van der Waals surface area contributed by atoms with Gasteiger partial charge >= 0.3 is 0 Å². The number of carbonyl (C=O) groups is 2. The number of nitrogens with one attached hydrogen (secondary N) is 1. The first-order chi connectivity index (χ1) is 12.4. The number of rotatable bonds is 5. The van der Waals surface area contributed by atoms with Crippen LogP contribution in [0.5, 0.6) is 0 Å². The molecule has 1 aromatic rings. The fourth-order valence-electron chi connectivity index (χ4n) is 3.31. The van der Waals surface area contributed by atoms with E-state index in [1.165, 1.54) is 6.92 Å². The summed E-state index contributed by atoms with van der Waals surface area (Å²) in [5.74, 6) is -1.14. The smallest absolute Gasteiger partial charge is 0.261 e. The molecule has 0 bridgehead atoms. The molecule has 1 fully saturated rings. The Balaban J connectivity index is 2.39. The Morgan fingerprint density at radius 1 is 1.42 bits per heavy atom. The predicted molar refractivity (Wildman–Crippen MR) is 97.6 cm³/mol. The van der Waals surface area contributed by atoms with Crippen molar-refractivity contribution in [2.24, 2.45) is 11.1 Å². The lowest BCUT2D eigenvalue weighted by Crippen LogP contribution is -2.30. The zero-order chi connectivity index (χ0) is 19.3. The van der Waals surface area contributed by atoms with Crippen molar-refractivity contribution in [1.29, 1.82) is 5.26 Å². The monoisotopic (exact) mass is 356 g/mol. The number of nitrogens with two attached hydrogens (primary N) is 1. The minimum Gasteiger partial charge on any atom is -0.404 e. The second-order valence-electron chi connectivity index (χ2n) is 6.54. The van der Waals surface area contributed by atoms with E-state index in [1.807, 2.05) is 0 Å². The van der Waals surface area contributed by atoms with Crippen molar-refractivity contribution < 1.29 is 9.59 Å². The number of imide groups is 1. The second-order valence-corrected chi connectivity index (χ2v) is 6.54. The molecule has 2 heterocycles. The number of nitriles is 1.